The van der Waals surface area contributed by atoms with Gasteiger partial charge in [0.1, 0.15) is 16.7 Å². The van der Waals surface area contributed by atoms with Crippen LogP contribution in [0.25, 0.3) is 11.5 Å². The standard InChI is InChI=1S/C28H27ClN4O4/c1-18-24(31-26(37-18)20-5-3-2-4-6-20)12-14-36-22-9-7-19(8-10-22)15-21-16-33(17-23(21)27(34)35)28-30-13-11-25(29)32-28/h2-11,13,21,23H,12,14-17H2,1H3,(H,34,35)/t21-,23+/m1/s1. The van der Waals surface area contributed by atoms with Crippen molar-refractivity contribution in [2.75, 3.05) is 24.6 Å². The molecule has 0 spiro atoms. The van der Waals surface area contributed by atoms with Crippen molar-refractivity contribution < 1.29 is 19.1 Å². The molecular formula is C28H27ClN4O4. The van der Waals surface area contributed by atoms with E-state index >= 15 is 0 Å². The molecule has 1 aliphatic heterocycles. The first-order valence-corrected chi connectivity index (χ1v) is 12.5. The van der Waals surface area contributed by atoms with Crippen LogP contribution < -0.4 is 9.64 Å². The summed E-state index contributed by atoms with van der Waals surface area (Å²) < 4.78 is 11.8. The maximum Gasteiger partial charge on any atom is 0.308 e. The molecule has 1 aliphatic rings. The van der Waals surface area contributed by atoms with Crippen LogP contribution in [0.4, 0.5) is 5.95 Å². The summed E-state index contributed by atoms with van der Waals surface area (Å²) >= 11 is 5.99. The average Bonchev–Trinajstić information content (AvgIpc) is 3.49. The summed E-state index contributed by atoms with van der Waals surface area (Å²) in [4.78, 5) is 26.9. The number of aryl methyl sites for hydroxylation is 1. The molecule has 2 atom stereocenters. The van der Waals surface area contributed by atoms with Gasteiger partial charge in [0.2, 0.25) is 11.8 Å². The number of aromatic nitrogens is 3. The Morgan fingerprint density at radius 1 is 1.11 bits per heavy atom. The summed E-state index contributed by atoms with van der Waals surface area (Å²) in [6.45, 7) is 3.29. The lowest BCUT2D eigenvalue weighted by atomic mass is 9.90. The van der Waals surface area contributed by atoms with Crippen LogP contribution >= 0.6 is 11.6 Å². The third kappa shape index (κ3) is 5.91. The molecule has 9 heteroatoms. The highest BCUT2D eigenvalue weighted by Gasteiger charge is 2.38. The van der Waals surface area contributed by atoms with Crippen LogP contribution in [-0.4, -0.2) is 45.7 Å². The number of hydrogen-bond donors (Lipinski definition) is 1. The van der Waals surface area contributed by atoms with Gasteiger partial charge in [-0.05, 0) is 55.2 Å². The highest BCUT2D eigenvalue weighted by molar-refractivity contribution is 6.29. The van der Waals surface area contributed by atoms with Crippen LogP contribution in [0.1, 0.15) is 17.0 Å². The lowest BCUT2D eigenvalue weighted by Gasteiger charge is -2.16. The number of rotatable bonds is 9. The smallest absolute Gasteiger partial charge is 0.308 e. The van der Waals surface area contributed by atoms with Crippen LogP contribution in [-0.2, 0) is 17.6 Å². The number of anilines is 1. The van der Waals surface area contributed by atoms with Crippen LogP contribution in [0.15, 0.2) is 71.3 Å². The summed E-state index contributed by atoms with van der Waals surface area (Å²) in [5.74, 6) is 1.23. The van der Waals surface area contributed by atoms with E-state index in [2.05, 4.69) is 15.0 Å². The molecule has 0 aliphatic carbocycles. The molecule has 0 amide bonds. The summed E-state index contributed by atoms with van der Waals surface area (Å²) in [6, 6.07) is 19.2. The predicted octanol–water partition coefficient (Wildman–Crippen LogP) is 5.09. The van der Waals surface area contributed by atoms with Crippen molar-refractivity contribution in [2.24, 2.45) is 11.8 Å². The van der Waals surface area contributed by atoms with Crippen molar-refractivity contribution in [3.63, 3.8) is 0 Å². The lowest BCUT2D eigenvalue weighted by Crippen LogP contribution is -2.24. The van der Waals surface area contributed by atoms with Crippen molar-refractivity contribution in [1.29, 1.82) is 0 Å². The van der Waals surface area contributed by atoms with Crippen LogP contribution in [0.5, 0.6) is 5.75 Å². The molecule has 5 rings (SSSR count). The van der Waals surface area contributed by atoms with Crippen LogP contribution in [0.2, 0.25) is 5.15 Å². The Hall–Kier alpha value is -3.91. The topological polar surface area (TPSA) is 102 Å². The second-order valence-electron chi connectivity index (χ2n) is 9.12. The van der Waals surface area contributed by atoms with Gasteiger partial charge in [0.15, 0.2) is 0 Å². The third-order valence-corrected chi connectivity index (χ3v) is 6.80. The van der Waals surface area contributed by atoms with E-state index in [1.807, 2.05) is 66.4 Å². The molecule has 4 aromatic rings. The van der Waals surface area contributed by atoms with Gasteiger partial charge in [0.25, 0.3) is 0 Å². The predicted molar refractivity (Wildman–Crippen MR) is 140 cm³/mol. The zero-order valence-electron chi connectivity index (χ0n) is 20.4. The number of benzene rings is 2. The molecule has 2 aromatic heterocycles. The van der Waals surface area contributed by atoms with Gasteiger partial charge in [-0.2, -0.15) is 0 Å². The maximum absolute atomic E-state index is 11.9. The lowest BCUT2D eigenvalue weighted by molar-refractivity contribution is -0.142. The fraction of sp³-hybridized carbons (Fsp3) is 0.286. The summed E-state index contributed by atoms with van der Waals surface area (Å²) in [5, 5.41) is 10.1. The second-order valence-corrected chi connectivity index (χ2v) is 9.51. The van der Waals surface area contributed by atoms with E-state index in [9.17, 15) is 9.90 Å². The van der Waals surface area contributed by atoms with E-state index in [-0.39, 0.29) is 5.92 Å². The number of nitrogens with zero attached hydrogens (tertiary/aromatic N) is 4. The zero-order chi connectivity index (χ0) is 25.8. The summed E-state index contributed by atoms with van der Waals surface area (Å²) in [5.41, 5.74) is 2.88. The quantitative estimate of drug-likeness (QED) is 0.305. The van der Waals surface area contributed by atoms with Gasteiger partial charge in [-0.3, -0.25) is 4.79 Å². The first-order valence-electron chi connectivity index (χ1n) is 12.2. The monoisotopic (exact) mass is 518 g/mol. The molecule has 1 fully saturated rings. The summed E-state index contributed by atoms with van der Waals surface area (Å²) in [6.07, 6.45) is 2.85. The molecule has 0 radical (unpaired) electrons. The molecule has 0 unspecified atom stereocenters. The van der Waals surface area contributed by atoms with Crippen LogP contribution in [0, 0.1) is 18.8 Å². The Morgan fingerprint density at radius 2 is 1.89 bits per heavy atom. The normalized spacial score (nSPS) is 17.2. The molecular weight excluding hydrogens is 492 g/mol. The number of carbonyl (C=O) groups is 1. The number of carboxylic acid groups (broad SMARTS) is 1. The van der Waals surface area contributed by atoms with Gasteiger partial charge in [-0.15, -0.1) is 0 Å². The molecule has 190 valence electrons. The molecule has 0 saturated carbocycles. The number of ether oxygens (including phenoxy) is 1. The number of halogens is 1. The molecule has 2 aromatic carbocycles. The molecule has 8 nitrogen and oxygen atoms in total. The largest absolute Gasteiger partial charge is 0.493 e. The highest BCUT2D eigenvalue weighted by atomic mass is 35.5. The average molecular weight is 519 g/mol. The van der Waals surface area contributed by atoms with E-state index in [0.29, 0.717) is 49.5 Å². The van der Waals surface area contributed by atoms with Gasteiger partial charge in [0, 0.05) is 31.3 Å². The van der Waals surface area contributed by atoms with Gasteiger partial charge < -0.3 is 19.2 Å². The van der Waals surface area contributed by atoms with E-state index in [0.717, 1.165) is 28.3 Å². The van der Waals surface area contributed by atoms with Gasteiger partial charge in [-0.25, -0.2) is 15.0 Å². The van der Waals surface area contributed by atoms with E-state index in [1.54, 1.807) is 12.3 Å². The highest BCUT2D eigenvalue weighted by Crippen LogP contribution is 2.30. The number of aliphatic carboxylic acids is 1. The Kier molecular flexibility index (Phi) is 7.37. The first-order chi connectivity index (χ1) is 18.0. The minimum atomic E-state index is -0.812. The number of oxazole rings is 1. The second kappa shape index (κ2) is 11.0. The summed E-state index contributed by atoms with van der Waals surface area (Å²) in [7, 11) is 0. The van der Waals surface area contributed by atoms with Gasteiger partial charge >= 0.3 is 5.97 Å². The zero-order valence-corrected chi connectivity index (χ0v) is 21.1. The minimum Gasteiger partial charge on any atom is -0.493 e. The van der Waals surface area contributed by atoms with Crippen molar-refractivity contribution in [3.8, 4) is 17.2 Å². The van der Waals surface area contributed by atoms with E-state index in [1.165, 1.54) is 0 Å². The van der Waals surface area contributed by atoms with Crippen molar-refractivity contribution in [2.45, 2.75) is 19.8 Å². The van der Waals surface area contributed by atoms with Crippen molar-refractivity contribution >= 4 is 23.5 Å². The Labute approximate surface area is 219 Å². The SMILES string of the molecule is Cc1oc(-c2ccccc2)nc1CCOc1ccc(C[C@@H]2CN(c3nccc(Cl)n3)C[C@@H]2C(=O)O)cc1. The Balaban J connectivity index is 1.16. The third-order valence-electron chi connectivity index (χ3n) is 6.59. The molecule has 37 heavy (non-hydrogen) atoms. The maximum atomic E-state index is 11.9. The first kappa shape index (κ1) is 24.8. The van der Waals surface area contributed by atoms with Crippen molar-refractivity contribution in [3.05, 3.63) is 89.0 Å². The van der Waals surface area contributed by atoms with Gasteiger partial charge in [-0.1, -0.05) is 41.9 Å². The molecule has 1 saturated heterocycles. The fourth-order valence-corrected chi connectivity index (χ4v) is 4.79. The minimum absolute atomic E-state index is 0.0687. The molecule has 3 heterocycles. The van der Waals surface area contributed by atoms with Crippen LogP contribution in [0.3, 0.4) is 0 Å². The Bertz CT molecular complexity index is 1360. The number of carboxylic acids is 1. The van der Waals surface area contributed by atoms with E-state index in [4.69, 9.17) is 20.8 Å². The fourth-order valence-electron chi connectivity index (χ4n) is 4.65. The molecule has 1 N–H and O–H groups in total. The van der Waals surface area contributed by atoms with E-state index < -0.39 is 11.9 Å². The van der Waals surface area contributed by atoms with Crippen molar-refractivity contribution in [1.82, 2.24) is 15.0 Å². The Morgan fingerprint density at radius 3 is 2.62 bits per heavy atom. The van der Waals surface area contributed by atoms with Gasteiger partial charge in [0.05, 0.1) is 18.2 Å². The molecule has 0 bridgehead atoms. The number of hydrogen-bond acceptors (Lipinski definition) is 7.